The molecule has 1 saturated heterocycles. The second-order valence-electron chi connectivity index (χ2n) is 10.4. The number of nitrogens with two attached hydrogens (primary N) is 1. The van der Waals surface area contributed by atoms with E-state index in [9.17, 15) is 18.0 Å². The van der Waals surface area contributed by atoms with Crippen molar-refractivity contribution in [3.63, 3.8) is 0 Å². The van der Waals surface area contributed by atoms with Crippen molar-refractivity contribution in [2.24, 2.45) is 0 Å². The predicted octanol–water partition coefficient (Wildman–Crippen LogP) is 5.19. The van der Waals surface area contributed by atoms with Gasteiger partial charge in [-0.3, -0.25) is 0 Å². The predicted molar refractivity (Wildman–Crippen MR) is 132 cm³/mol. The average molecular weight is 507 g/mol. The van der Waals surface area contributed by atoms with Gasteiger partial charge < -0.3 is 26.0 Å². The number of carbonyl (C=O) groups excluding carboxylic acids is 1. The summed E-state index contributed by atoms with van der Waals surface area (Å²) >= 11 is 0. The van der Waals surface area contributed by atoms with Gasteiger partial charge in [0.05, 0.1) is 11.3 Å². The molecule has 1 aromatic carbocycles. The molecule has 0 bridgehead atoms. The summed E-state index contributed by atoms with van der Waals surface area (Å²) in [5.41, 5.74) is 6.44. The van der Waals surface area contributed by atoms with Crippen molar-refractivity contribution in [3.8, 4) is 0 Å². The van der Waals surface area contributed by atoms with Crippen molar-refractivity contribution in [1.29, 1.82) is 0 Å². The summed E-state index contributed by atoms with van der Waals surface area (Å²) in [5, 5.41) is 5.89. The van der Waals surface area contributed by atoms with E-state index in [1.807, 2.05) is 20.8 Å². The Morgan fingerprint density at radius 3 is 2.58 bits per heavy atom. The number of alkyl halides is 3. The van der Waals surface area contributed by atoms with Crippen LogP contribution in [-0.4, -0.2) is 40.8 Å². The molecular weight excluding hydrogens is 473 g/mol. The smallest absolute Gasteiger partial charge is 0.416 e. The molecule has 4 rings (SSSR count). The third kappa shape index (κ3) is 6.50. The molecule has 1 atom stereocenters. The Labute approximate surface area is 208 Å². The number of carbonyl (C=O) groups is 1. The van der Waals surface area contributed by atoms with Crippen molar-refractivity contribution in [3.05, 3.63) is 35.0 Å². The van der Waals surface area contributed by atoms with E-state index < -0.39 is 23.4 Å². The lowest BCUT2D eigenvalue weighted by Gasteiger charge is -2.36. The first-order chi connectivity index (χ1) is 16.9. The largest absolute Gasteiger partial charge is 0.444 e. The van der Waals surface area contributed by atoms with Gasteiger partial charge in [0.15, 0.2) is 0 Å². The molecule has 0 spiro atoms. The van der Waals surface area contributed by atoms with Crippen molar-refractivity contribution >= 4 is 29.2 Å². The molecular formula is C25H33F3N6O2. The Bertz CT molecular complexity index is 1120. The highest BCUT2D eigenvalue weighted by Crippen LogP contribution is 2.35. The first kappa shape index (κ1) is 25.8. The van der Waals surface area contributed by atoms with Gasteiger partial charge in [0.1, 0.15) is 11.4 Å². The van der Waals surface area contributed by atoms with Crippen molar-refractivity contribution in [1.82, 2.24) is 15.3 Å². The number of rotatable bonds is 4. The van der Waals surface area contributed by atoms with E-state index in [0.717, 1.165) is 74.3 Å². The summed E-state index contributed by atoms with van der Waals surface area (Å²) in [6, 6.07) is 3.22. The molecule has 2 aromatic rings. The lowest BCUT2D eigenvalue weighted by Crippen LogP contribution is -2.49. The van der Waals surface area contributed by atoms with E-state index >= 15 is 0 Å². The molecule has 8 nitrogen and oxygen atoms in total. The van der Waals surface area contributed by atoms with Crippen LogP contribution in [0.25, 0.3) is 0 Å². The normalized spacial score (nSPS) is 18.4. The number of ether oxygens (including phenoxy) is 1. The van der Waals surface area contributed by atoms with Crippen LogP contribution < -0.4 is 21.3 Å². The SMILES string of the molecule is CC(C)(C)OC(=O)NC1CCCN(c2nc(Nc3cc(N)cc(C(F)(F)F)c3)nc3c2CCCC3)C1. The van der Waals surface area contributed by atoms with E-state index in [0.29, 0.717) is 6.54 Å². The summed E-state index contributed by atoms with van der Waals surface area (Å²) in [7, 11) is 0. The molecule has 1 aliphatic carbocycles. The molecule has 2 heterocycles. The highest BCUT2D eigenvalue weighted by Gasteiger charge is 2.32. The van der Waals surface area contributed by atoms with Crippen LogP contribution in [0.15, 0.2) is 18.2 Å². The molecule has 1 amide bonds. The number of aromatic nitrogens is 2. The van der Waals surface area contributed by atoms with Gasteiger partial charge in [-0.05, 0) is 77.5 Å². The first-order valence-electron chi connectivity index (χ1n) is 12.3. The maximum atomic E-state index is 13.3. The monoisotopic (exact) mass is 506 g/mol. The number of benzene rings is 1. The van der Waals surface area contributed by atoms with E-state index in [1.54, 1.807) is 0 Å². The quantitative estimate of drug-likeness (QED) is 0.490. The van der Waals surface area contributed by atoms with Crippen LogP contribution in [0.4, 0.5) is 41.1 Å². The van der Waals surface area contributed by atoms with Crippen molar-refractivity contribution in [2.75, 3.05) is 29.0 Å². The van der Waals surface area contributed by atoms with E-state index in [1.165, 1.54) is 6.07 Å². The van der Waals surface area contributed by atoms with Gasteiger partial charge in [-0.2, -0.15) is 18.2 Å². The molecule has 1 fully saturated rings. The fraction of sp³-hybridized carbons (Fsp3) is 0.560. The molecule has 1 aliphatic heterocycles. The molecule has 0 radical (unpaired) electrons. The van der Waals surface area contributed by atoms with Crippen LogP contribution in [-0.2, 0) is 23.8 Å². The van der Waals surface area contributed by atoms with Gasteiger partial charge >= 0.3 is 12.3 Å². The number of piperidine rings is 1. The van der Waals surface area contributed by atoms with Gasteiger partial charge in [0.2, 0.25) is 5.95 Å². The summed E-state index contributed by atoms with van der Waals surface area (Å²) in [5.74, 6) is 0.990. The minimum Gasteiger partial charge on any atom is -0.444 e. The Morgan fingerprint density at radius 1 is 1.11 bits per heavy atom. The Hall–Kier alpha value is -3.24. The van der Waals surface area contributed by atoms with Gasteiger partial charge in [0.25, 0.3) is 0 Å². The summed E-state index contributed by atoms with van der Waals surface area (Å²) in [6.45, 7) is 6.77. The molecule has 0 saturated carbocycles. The lowest BCUT2D eigenvalue weighted by atomic mass is 9.95. The minimum atomic E-state index is -4.52. The van der Waals surface area contributed by atoms with Crippen LogP contribution in [0.5, 0.6) is 0 Å². The summed E-state index contributed by atoms with van der Waals surface area (Å²) in [4.78, 5) is 23.8. The summed E-state index contributed by atoms with van der Waals surface area (Å²) < 4.78 is 45.2. The zero-order chi connectivity index (χ0) is 26.1. The molecule has 1 aromatic heterocycles. The number of nitrogen functional groups attached to an aromatic ring is 1. The van der Waals surface area contributed by atoms with E-state index in [2.05, 4.69) is 20.5 Å². The zero-order valence-electron chi connectivity index (χ0n) is 20.8. The topological polar surface area (TPSA) is 105 Å². The lowest BCUT2D eigenvalue weighted by molar-refractivity contribution is -0.137. The summed E-state index contributed by atoms with van der Waals surface area (Å²) in [6.07, 6.45) is 0.320. The number of fused-ring (bicyclic) bond motifs is 1. The van der Waals surface area contributed by atoms with Crippen LogP contribution in [0.3, 0.4) is 0 Å². The number of halogens is 3. The van der Waals surface area contributed by atoms with Crippen LogP contribution in [0.2, 0.25) is 0 Å². The number of hydrogen-bond acceptors (Lipinski definition) is 7. The highest BCUT2D eigenvalue weighted by atomic mass is 19.4. The number of hydrogen-bond donors (Lipinski definition) is 3. The van der Waals surface area contributed by atoms with Crippen molar-refractivity contribution in [2.45, 2.75) is 77.1 Å². The fourth-order valence-corrected chi connectivity index (χ4v) is 4.67. The van der Waals surface area contributed by atoms with Crippen molar-refractivity contribution < 1.29 is 22.7 Å². The maximum absolute atomic E-state index is 13.3. The van der Waals surface area contributed by atoms with Crippen LogP contribution >= 0.6 is 0 Å². The average Bonchev–Trinajstić information content (AvgIpc) is 2.76. The molecule has 2 aliphatic rings. The second kappa shape index (κ2) is 10.0. The molecule has 4 N–H and O–H groups in total. The Balaban J connectivity index is 1.59. The van der Waals surface area contributed by atoms with Crippen LogP contribution in [0.1, 0.15) is 63.3 Å². The van der Waals surface area contributed by atoms with Gasteiger partial charge in [-0.15, -0.1) is 0 Å². The number of alkyl carbamates (subject to hydrolysis) is 1. The maximum Gasteiger partial charge on any atom is 0.416 e. The second-order valence-corrected chi connectivity index (χ2v) is 10.4. The molecule has 196 valence electrons. The molecule has 11 heteroatoms. The number of aryl methyl sites for hydroxylation is 1. The van der Waals surface area contributed by atoms with E-state index in [4.69, 9.17) is 15.5 Å². The standard InChI is InChI=1S/C25H33F3N6O2/c1-24(2,3)36-23(35)31-17-7-6-10-34(14-17)21-19-8-4-5-9-20(19)32-22(33-21)30-18-12-15(25(26,27)28)11-16(29)13-18/h11-13,17H,4-10,14,29H2,1-3H3,(H,31,35)(H,30,32,33). The minimum absolute atomic E-state index is 0.00222. The fourth-order valence-electron chi connectivity index (χ4n) is 4.67. The number of amides is 1. The Morgan fingerprint density at radius 2 is 1.86 bits per heavy atom. The third-order valence-corrected chi connectivity index (χ3v) is 6.14. The highest BCUT2D eigenvalue weighted by molar-refractivity contribution is 5.68. The Kier molecular flexibility index (Phi) is 7.19. The van der Waals surface area contributed by atoms with Crippen LogP contribution in [0, 0.1) is 0 Å². The number of anilines is 4. The molecule has 36 heavy (non-hydrogen) atoms. The van der Waals surface area contributed by atoms with E-state index in [-0.39, 0.29) is 23.4 Å². The zero-order valence-corrected chi connectivity index (χ0v) is 20.8. The number of nitrogens with zero attached hydrogens (tertiary/aromatic N) is 3. The first-order valence-corrected chi connectivity index (χ1v) is 12.3. The van der Waals surface area contributed by atoms with Gasteiger partial charge in [-0.25, -0.2) is 9.78 Å². The third-order valence-electron chi connectivity index (χ3n) is 6.14. The molecule has 1 unspecified atom stereocenters. The number of nitrogens with one attached hydrogen (secondary N) is 2. The van der Waals surface area contributed by atoms with Gasteiger partial charge in [-0.1, -0.05) is 0 Å². The van der Waals surface area contributed by atoms with Gasteiger partial charge in [0, 0.05) is 36.1 Å².